The first kappa shape index (κ1) is 12.1. The molecule has 0 radical (unpaired) electrons. The fourth-order valence-corrected chi connectivity index (χ4v) is 2.49. The quantitative estimate of drug-likeness (QED) is 0.729. The Labute approximate surface area is 91.8 Å². The molecule has 0 saturated heterocycles. The van der Waals surface area contributed by atoms with Crippen LogP contribution in [0.15, 0.2) is 11.3 Å². The number of allylic oxidation sites excluding steroid dienone is 1. The van der Waals surface area contributed by atoms with Crippen LogP contribution < -0.4 is 0 Å². The summed E-state index contributed by atoms with van der Waals surface area (Å²) in [6.07, 6.45) is 6.03. The maximum atomic E-state index is 11.0. The van der Waals surface area contributed by atoms with E-state index in [0.717, 1.165) is 18.5 Å². The highest BCUT2D eigenvalue weighted by Crippen LogP contribution is 2.32. The standard InChI is InChI=1S/C12H21NO2/c1-9(12(14)15)11(13(2)3)10-7-5-4-6-8-10/h10H,4-8H2,1-3H3,(H,14,15). The number of hydrogen-bond acceptors (Lipinski definition) is 2. The van der Waals surface area contributed by atoms with E-state index in [9.17, 15) is 4.79 Å². The first-order chi connectivity index (χ1) is 7.04. The van der Waals surface area contributed by atoms with Crippen LogP contribution in [0.3, 0.4) is 0 Å². The van der Waals surface area contributed by atoms with Crippen LogP contribution in [0, 0.1) is 5.92 Å². The summed E-state index contributed by atoms with van der Waals surface area (Å²) in [7, 11) is 3.88. The Morgan fingerprint density at radius 1 is 1.20 bits per heavy atom. The second-order valence-electron chi connectivity index (χ2n) is 4.54. The second kappa shape index (κ2) is 5.19. The highest BCUT2D eigenvalue weighted by molar-refractivity contribution is 5.86. The van der Waals surface area contributed by atoms with Crippen molar-refractivity contribution in [3.05, 3.63) is 11.3 Å². The Hall–Kier alpha value is -0.990. The van der Waals surface area contributed by atoms with Gasteiger partial charge in [-0.3, -0.25) is 0 Å². The number of aliphatic carboxylic acids is 1. The zero-order valence-corrected chi connectivity index (χ0v) is 9.92. The second-order valence-corrected chi connectivity index (χ2v) is 4.54. The molecule has 0 spiro atoms. The van der Waals surface area contributed by atoms with E-state index in [2.05, 4.69) is 0 Å². The fourth-order valence-electron chi connectivity index (χ4n) is 2.49. The Kier molecular flexibility index (Phi) is 4.18. The van der Waals surface area contributed by atoms with Crippen LogP contribution >= 0.6 is 0 Å². The molecule has 0 aliphatic heterocycles. The van der Waals surface area contributed by atoms with Crippen molar-refractivity contribution < 1.29 is 9.90 Å². The zero-order valence-electron chi connectivity index (χ0n) is 9.92. The fraction of sp³-hybridized carbons (Fsp3) is 0.750. The van der Waals surface area contributed by atoms with E-state index in [1.165, 1.54) is 19.3 Å². The average Bonchev–Trinajstić information content (AvgIpc) is 2.18. The topological polar surface area (TPSA) is 40.5 Å². The molecule has 1 aliphatic carbocycles. The summed E-state index contributed by atoms with van der Waals surface area (Å²) in [5, 5.41) is 9.05. The first-order valence-electron chi connectivity index (χ1n) is 5.65. The zero-order chi connectivity index (χ0) is 11.4. The van der Waals surface area contributed by atoms with Gasteiger partial charge in [-0.25, -0.2) is 4.79 Å². The van der Waals surface area contributed by atoms with Gasteiger partial charge in [0.2, 0.25) is 0 Å². The van der Waals surface area contributed by atoms with E-state index in [-0.39, 0.29) is 0 Å². The van der Waals surface area contributed by atoms with Gasteiger partial charge in [0.1, 0.15) is 0 Å². The molecule has 3 heteroatoms. The first-order valence-corrected chi connectivity index (χ1v) is 5.65. The lowest BCUT2D eigenvalue weighted by atomic mass is 9.85. The summed E-state index contributed by atoms with van der Waals surface area (Å²) < 4.78 is 0. The summed E-state index contributed by atoms with van der Waals surface area (Å²) >= 11 is 0. The van der Waals surface area contributed by atoms with Crippen LogP contribution in [0.2, 0.25) is 0 Å². The molecule has 3 nitrogen and oxygen atoms in total. The summed E-state index contributed by atoms with van der Waals surface area (Å²) in [5.41, 5.74) is 1.52. The number of carboxylic acid groups (broad SMARTS) is 1. The largest absolute Gasteiger partial charge is 0.478 e. The smallest absolute Gasteiger partial charge is 0.333 e. The lowest BCUT2D eigenvalue weighted by Gasteiger charge is -2.30. The van der Waals surface area contributed by atoms with Gasteiger partial charge in [-0.05, 0) is 25.7 Å². The number of hydrogen-bond donors (Lipinski definition) is 1. The average molecular weight is 211 g/mol. The van der Waals surface area contributed by atoms with Gasteiger partial charge in [0.15, 0.2) is 0 Å². The summed E-state index contributed by atoms with van der Waals surface area (Å²) in [4.78, 5) is 13.0. The third kappa shape index (κ3) is 2.98. The van der Waals surface area contributed by atoms with E-state index in [1.54, 1.807) is 6.92 Å². The molecule has 1 rings (SSSR count). The molecule has 1 saturated carbocycles. The Bertz CT molecular complexity index is 263. The van der Waals surface area contributed by atoms with E-state index in [0.29, 0.717) is 11.5 Å². The highest BCUT2D eigenvalue weighted by atomic mass is 16.4. The van der Waals surface area contributed by atoms with Gasteiger partial charge in [0.05, 0.1) is 5.57 Å². The molecule has 0 unspecified atom stereocenters. The number of carboxylic acids is 1. The van der Waals surface area contributed by atoms with Crippen molar-refractivity contribution in [1.82, 2.24) is 4.90 Å². The van der Waals surface area contributed by atoms with E-state index >= 15 is 0 Å². The third-order valence-corrected chi connectivity index (χ3v) is 3.18. The molecule has 0 aromatic rings. The van der Waals surface area contributed by atoms with Gasteiger partial charge in [-0.1, -0.05) is 19.3 Å². The van der Waals surface area contributed by atoms with Crippen molar-refractivity contribution >= 4 is 5.97 Å². The van der Waals surface area contributed by atoms with E-state index in [1.807, 2.05) is 19.0 Å². The van der Waals surface area contributed by atoms with Crippen LogP contribution in [0.5, 0.6) is 0 Å². The van der Waals surface area contributed by atoms with Crippen LogP contribution in [0.25, 0.3) is 0 Å². The van der Waals surface area contributed by atoms with Crippen molar-refractivity contribution in [2.45, 2.75) is 39.0 Å². The van der Waals surface area contributed by atoms with Crippen molar-refractivity contribution in [2.75, 3.05) is 14.1 Å². The molecular weight excluding hydrogens is 190 g/mol. The number of carbonyl (C=O) groups is 1. The number of nitrogens with zero attached hydrogens (tertiary/aromatic N) is 1. The minimum absolute atomic E-state index is 0.449. The lowest BCUT2D eigenvalue weighted by Crippen LogP contribution is -2.24. The lowest BCUT2D eigenvalue weighted by molar-refractivity contribution is -0.132. The van der Waals surface area contributed by atoms with Crippen molar-refractivity contribution in [3.8, 4) is 0 Å². The molecule has 0 aromatic heterocycles. The van der Waals surface area contributed by atoms with Crippen LogP contribution in [0.1, 0.15) is 39.0 Å². The van der Waals surface area contributed by atoms with Gasteiger partial charge in [0, 0.05) is 19.8 Å². The van der Waals surface area contributed by atoms with Crippen molar-refractivity contribution in [2.24, 2.45) is 5.92 Å². The summed E-state index contributed by atoms with van der Waals surface area (Å²) in [6.45, 7) is 1.71. The molecule has 0 aromatic carbocycles. The predicted octanol–water partition coefficient (Wildman–Crippen LogP) is 2.49. The van der Waals surface area contributed by atoms with E-state index in [4.69, 9.17) is 5.11 Å². The van der Waals surface area contributed by atoms with Crippen molar-refractivity contribution in [3.63, 3.8) is 0 Å². The maximum absolute atomic E-state index is 11.0. The van der Waals surface area contributed by atoms with Gasteiger partial charge < -0.3 is 10.0 Å². The Morgan fingerprint density at radius 2 is 1.73 bits per heavy atom. The molecule has 86 valence electrons. The normalized spacial score (nSPS) is 19.7. The summed E-state index contributed by atoms with van der Waals surface area (Å²) in [5.74, 6) is -0.339. The summed E-state index contributed by atoms with van der Waals surface area (Å²) in [6, 6.07) is 0. The minimum Gasteiger partial charge on any atom is -0.478 e. The molecule has 1 aliphatic rings. The van der Waals surface area contributed by atoms with E-state index < -0.39 is 5.97 Å². The predicted molar refractivity (Wildman–Crippen MR) is 60.6 cm³/mol. The molecule has 0 atom stereocenters. The van der Waals surface area contributed by atoms with Gasteiger partial charge in [-0.15, -0.1) is 0 Å². The van der Waals surface area contributed by atoms with Crippen LogP contribution in [-0.2, 0) is 4.79 Å². The molecule has 0 bridgehead atoms. The van der Waals surface area contributed by atoms with Crippen molar-refractivity contribution in [1.29, 1.82) is 0 Å². The van der Waals surface area contributed by atoms with Crippen LogP contribution in [0.4, 0.5) is 0 Å². The maximum Gasteiger partial charge on any atom is 0.333 e. The van der Waals surface area contributed by atoms with Gasteiger partial charge >= 0.3 is 5.97 Å². The Balaban J connectivity index is 2.90. The molecule has 1 N–H and O–H groups in total. The molecule has 1 fully saturated rings. The Morgan fingerprint density at radius 3 is 2.13 bits per heavy atom. The van der Waals surface area contributed by atoms with Crippen LogP contribution in [-0.4, -0.2) is 30.1 Å². The minimum atomic E-state index is -0.788. The van der Waals surface area contributed by atoms with Gasteiger partial charge in [0.25, 0.3) is 0 Å². The highest BCUT2D eigenvalue weighted by Gasteiger charge is 2.23. The van der Waals surface area contributed by atoms with Gasteiger partial charge in [-0.2, -0.15) is 0 Å². The molecule has 0 amide bonds. The number of rotatable bonds is 3. The SMILES string of the molecule is CC(C(=O)O)=C(C1CCCCC1)N(C)C. The monoisotopic (exact) mass is 211 g/mol. The molecular formula is C12H21NO2. The molecule has 15 heavy (non-hydrogen) atoms. The third-order valence-electron chi connectivity index (χ3n) is 3.18. The molecule has 0 heterocycles.